The highest BCUT2D eigenvalue weighted by Gasteiger charge is 2.38. The number of amides is 1. The molecule has 3 N–H and O–H groups in total. The van der Waals surface area contributed by atoms with Crippen LogP contribution >= 0.6 is 11.6 Å². The molecule has 8 nitrogen and oxygen atoms in total. The lowest BCUT2D eigenvalue weighted by Crippen LogP contribution is -2.51. The van der Waals surface area contributed by atoms with Gasteiger partial charge in [0.2, 0.25) is 6.41 Å². The van der Waals surface area contributed by atoms with E-state index >= 15 is 4.39 Å². The van der Waals surface area contributed by atoms with E-state index < -0.39 is 39.5 Å². The molecule has 2 saturated heterocycles. The van der Waals surface area contributed by atoms with E-state index in [1.807, 2.05) is 4.90 Å². The lowest BCUT2D eigenvalue weighted by Gasteiger charge is -2.34. The van der Waals surface area contributed by atoms with Crippen LogP contribution in [0.25, 0.3) is 22.2 Å². The van der Waals surface area contributed by atoms with Crippen LogP contribution in [0.5, 0.6) is 0 Å². The van der Waals surface area contributed by atoms with E-state index in [-0.39, 0.29) is 40.9 Å². The molecule has 2 atom stereocenters. The fourth-order valence-corrected chi connectivity index (χ4v) is 5.03. The van der Waals surface area contributed by atoms with Gasteiger partial charge in [-0.25, -0.2) is 9.18 Å². The molecule has 5 rings (SSSR count). The number of alkyl halides is 3. The number of anilines is 2. The maximum atomic E-state index is 15.7. The van der Waals surface area contributed by atoms with Crippen molar-refractivity contribution >= 4 is 40.4 Å². The van der Waals surface area contributed by atoms with E-state index in [1.54, 1.807) is 0 Å². The summed E-state index contributed by atoms with van der Waals surface area (Å²) in [5.41, 5.74) is -3.90. The highest BCUT2D eigenvalue weighted by molar-refractivity contribution is 6.32. The molecule has 0 radical (unpaired) electrons. The Morgan fingerprint density at radius 2 is 1.91 bits per heavy atom. The topological polar surface area (TPSA) is 103 Å². The van der Waals surface area contributed by atoms with Gasteiger partial charge in [0.25, 0.3) is 0 Å². The standard InChI is InChI=1S/C21H17ClF4N6O2/c22-14-4-11(28-8-33)3-12(15(14)21(24,25)26)17-16(23)18-13(5-27-17)19(31-20(34)30-18)32-6-9-1-2-10(7-32)29-9/h3-5,8-10,29H,1-2,6-7H2,(H,28,33)(H,30,31,34). The van der Waals surface area contributed by atoms with Gasteiger partial charge in [-0.1, -0.05) is 11.6 Å². The van der Waals surface area contributed by atoms with E-state index in [0.29, 0.717) is 13.1 Å². The number of H-pyrrole nitrogens is 1. The molecule has 34 heavy (non-hydrogen) atoms. The fraction of sp³-hybridized carbons (Fsp3) is 0.333. The molecule has 0 spiro atoms. The van der Waals surface area contributed by atoms with Crippen molar-refractivity contribution in [3.8, 4) is 11.3 Å². The Kier molecular flexibility index (Phi) is 5.44. The SMILES string of the molecule is O=CNc1cc(Cl)c(C(F)(F)F)c(-c2ncc3c(N4CC5CCC(C4)N5)nc(=O)[nH]c3c2F)c1. The molecule has 1 amide bonds. The lowest BCUT2D eigenvalue weighted by molar-refractivity contribution is -0.137. The number of fused-ring (bicyclic) bond motifs is 3. The van der Waals surface area contributed by atoms with E-state index in [0.717, 1.165) is 25.0 Å². The number of carbonyl (C=O) groups is 1. The predicted molar refractivity (Wildman–Crippen MR) is 117 cm³/mol. The Balaban J connectivity index is 1.71. The number of nitrogens with zero attached hydrogens (tertiary/aromatic N) is 3. The molecule has 4 heterocycles. The lowest BCUT2D eigenvalue weighted by atomic mass is 10.0. The molecular weight excluding hydrogens is 480 g/mol. The second kappa shape index (κ2) is 8.20. The summed E-state index contributed by atoms with van der Waals surface area (Å²) in [6.45, 7) is 1.11. The Morgan fingerprint density at radius 3 is 2.56 bits per heavy atom. The zero-order valence-corrected chi connectivity index (χ0v) is 18.1. The van der Waals surface area contributed by atoms with E-state index in [2.05, 4.69) is 25.6 Å². The third-order valence-corrected chi connectivity index (χ3v) is 6.37. The first-order valence-electron chi connectivity index (χ1n) is 10.4. The van der Waals surface area contributed by atoms with Gasteiger partial charge in [0.15, 0.2) is 5.82 Å². The number of rotatable bonds is 4. The van der Waals surface area contributed by atoms with E-state index in [4.69, 9.17) is 11.6 Å². The minimum absolute atomic E-state index is 0.0792. The summed E-state index contributed by atoms with van der Waals surface area (Å²) in [4.78, 5) is 35.2. The van der Waals surface area contributed by atoms with Crippen LogP contribution in [0.4, 0.5) is 29.1 Å². The van der Waals surface area contributed by atoms with Gasteiger partial charge in [0.1, 0.15) is 11.5 Å². The van der Waals surface area contributed by atoms with Gasteiger partial charge in [-0.15, -0.1) is 0 Å². The molecule has 2 aromatic heterocycles. The number of piperazine rings is 1. The number of carbonyl (C=O) groups excluding carboxylic acids is 1. The number of aromatic nitrogens is 3. The Bertz CT molecular complexity index is 1350. The van der Waals surface area contributed by atoms with Crippen molar-refractivity contribution in [2.75, 3.05) is 23.3 Å². The van der Waals surface area contributed by atoms with Crippen LogP contribution in [0.3, 0.4) is 0 Å². The molecule has 3 aromatic rings. The van der Waals surface area contributed by atoms with Gasteiger partial charge in [0.05, 0.1) is 21.5 Å². The number of pyridine rings is 1. The van der Waals surface area contributed by atoms with Crippen LogP contribution in [0.2, 0.25) is 5.02 Å². The summed E-state index contributed by atoms with van der Waals surface area (Å²) < 4.78 is 57.1. The van der Waals surface area contributed by atoms with Crippen LogP contribution in [0.15, 0.2) is 23.1 Å². The van der Waals surface area contributed by atoms with Gasteiger partial charge in [-0.2, -0.15) is 18.2 Å². The molecule has 2 unspecified atom stereocenters. The van der Waals surface area contributed by atoms with Crippen molar-refractivity contribution < 1.29 is 22.4 Å². The average molecular weight is 497 g/mol. The number of halogens is 5. The van der Waals surface area contributed by atoms with Crippen molar-refractivity contribution in [3.63, 3.8) is 0 Å². The minimum atomic E-state index is -4.94. The average Bonchev–Trinajstić information content (AvgIpc) is 3.10. The van der Waals surface area contributed by atoms with Crippen molar-refractivity contribution in [1.82, 2.24) is 20.3 Å². The van der Waals surface area contributed by atoms with Crippen molar-refractivity contribution in [1.29, 1.82) is 0 Å². The van der Waals surface area contributed by atoms with Crippen LogP contribution in [-0.2, 0) is 11.0 Å². The summed E-state index contributed by atoms with van der Waals surface area (Å²) in [5, 5.41) is 5.08. The van der Waals surface area contributed by atoms with Gasteiger partial charge in [-0.05, 0) is 25.0 Å². The zero-order chi connectivity index (χ0) is 24.2. The van der Waals surface area contributed by atoms with Gasteiger partial charge < -0.3 is 20.5 Å². The predicted octanol–water partition coefficient (Wildman–Crippen LogP) is 3.31. The second-order valence-corrected chi connectivity index (χ2v) is 8.67. The maximum Gasteiger partial charge on any atom is 0.418 e. The summed E-state index contributed by atoms with van der Waals surface area (Å²) >= 11 is 5.85. The largest absolute Gasteiger partial charge is 0.418 e. The summed E-state index contributed by atoms with van der Waals surface area (Å²) in [7, 11) is 0. The maximum absolute atomic E-state index is 15.7. The third kappa shape index (κ3) is 3.86. The third-order valence-electron chi connectivity index (χ3n) is 6.07. The first kappa shape index (κ1) is 22.5. The number of aromatic amines is 1. The molecular formula is C21H17ClF4N6O2. The van der Waals surface area contributed by atoms with Crippen molar-refractivity contribution in [2.45, 2.75) is 31.1 Å². The number of hydrogen-bond donors (Lipinski definition) is 3. The normalized spacial score (nSPS) is 20.1. The zero-order valence-electron chi connectivity index (χ0n) is 17.3. The van der Waals surface area contributed by atoms with E-state index in [9.17, 15) is 22.8 Å². The number of hydrogen-bond acceptors (Lipinski definition) is 6. The smallest absolute Gasteiger partial charge is 0.353 e. The molecule has 0 aliphatic carbocycles. The Labute approximate surface area is 194 Å². The minimum Gasteiger partial charge on any atom is -0.353 e. The first-order valence-corrected chi connectivity index (χ1v) is 10.7. The van der Waals surface area contributed by atoms with Crippen molar-refractivity contribution in [3.05, 3.63) is 45.2 Å². The van der Waals surface area contributed by atoms with Gasteiger partial charge in [0, 0.05) is 42.6 Å². The quantitative estimate of drug-likeness (QED) is 0.378. The summed E-state index contributed by atoms with van der Waals surface area (Å²) in [5.74, 6) is -0.943. The van der Waals surface area contributed by atoms with Crippen LogP contribution < -0.4 is 21.2 Å². The summed E-state index contributed by atoms with van der Waals surface area (Å²) in [6.07, 6.45) is -1.57. The van der Waals surface area contributed by atoms with Crippen molar-refractivity contribution in [2.24, 2.45) is 0 Å². The summed E-state index contributed by atoms with van der Waals surface area (Å²) in [6, 6.07) is 2.24. The second-order valence-electron chi connectivity index (χ2n) is 8.26. The van der Waals surface area contributed by atoms with Gasteiger partial charge in [-0.3, -0.25) is 9.78 Å². The molecule has 178 valence electrons. The van der Waals surface area contributed by atoms with Crippen LogP contribution in [0, 0.1) is 5.82 Å². The molecule has 1 aromatic carbocycles. The molecule has 2 aliphatic heterocycles. The molecule has 2 aliphatic rings. The molecule has 2 bridgehead atoms. The first-order chi connectivity index (χ1) is 16.2. The van der Waals surface area contributed by atoms with Gasteiger partial charge >= 0.3 is 11.9 Å². The number of nitrogens with one attached hydrogen (secondary N) is 3. The van der Waals surface area contributed by atoms with Crippen LogP contribution in [0.1, 0.15) is 18.4 Å². The van der Waals surface area contributed by atoms with E-state index in [1.165, 1.54) is 6.20 Å². The molecule has 0 saturated carbocycles. The highest BCUT2D eigenvalue weighted by atomic mass is 35.5. The Hall–Kier alpha value is -3.25. The monoisotopic (exact) mass is 496 g/mol. The molecule has 2 fully saturated rings. The number of benzene rings is 1. The highest BCUT2D eigenvalue weighted by Crippen LogP contribution is 2.44. The fourth-order valence-electron chi connectivity index (χ4n) is 4.70. The Morgan fingerprint density at radius 1 is 1.21 bits per heavy atom. The van der Waals surface area contributed by atoms with Crippen LogP contribution in [-0.4, -0.2) is 46.5 Å². The molecule has 13 heteroatoms.